The van der Waals surface area contributed by atoms with E-state index in [4.69, 9.17) is 17.0 Å². The smallest absolute Gasteiger partial charge is 0.346 e. The van der Waals surface area contributed by atoms with E-state index in [9.17, 15) is 14.0 Å². The lowest BCUT2D eigenvalue weighted by Gasteiger charge is -2.45. The summed E-state index contributed by atoms with van der Waals surface area (Å²) in [5, 5.41) is 0. The third-order valence-electron chi connectivity index (χ3n) is 6.58. The van der Waals surface area contributed by atoms with E-state index in [0.29, 0.717) is 15.5 Å². The number of rotatable bonds is 4. The number of hydrogen-bond acceptors (Lipinski definition) is 6. The molecule has 2 aliphatic heterocycles. The maximum atomic E-state index is 14.1. The zero-order valence-corrected chi connectivity index (χ0v) is 24.4. The number of amides is 1. The van der Waals surface area contributed by atoms with Crippen LogP contribution in [0.25, 0.3) is 10.5 Å². The van der Waals surface area contributed by atoms with Crippen LogP contribution in [0, 0.1) is 12.7 Å². The SMILES string of the molecule is CCOC(=O)C1=C(c2ccccc2)S/C(=C2/C(=S)C(C)(C)N(C(=O)c3cccc(F)c3)c3ccc(C)cc32)S1. The Hall–Kier alpha value is -3.20. The molecule has 0 aliphatic carbocycles. The second kappa shape index (κ2) is 10.8. The Morgan fingerprint density at radius 2 is 1.74 bits per heavy atom. The van der Waals surface area contributed by atoms with Crippen molar-refractivity contribution in [1.29, 1.82) is 0 Å². The fourth-order valence-electron chi connectivity index (χ4n) is 4.70. The molecular formula is C31H26FNO3S3. The molecule has 0 aromatic heterocycles. The first kappa shape index (κ1) is 27.4. The van der Waals surface area contributed by atoms with E-state index < -0.39 is 11.4 Å². The largest absolute Gasteiger partial charge is 0.462 e. The molecular weight excluding hydrogens is 550 g/mol. The second-order valence-corrected chi connectivity index (χ2v) is 12.4. The van der Waals surface area contributed by atoms with Crippen LogP contribution in [-0.4, -0.2) is 28.9 Å². The molecule has 2 aliphatic rings. The lowest BCUT2D eigenvalue weighted by atomic mass is 9.82. The Balaban J connectivity index is 1.68. The molecule has 0 saturated carbocycles. The van der Waals surface area contributed by atoms with E-state index in [1.165, 1.54) is 41.7 Å². The van der Waals surface area contributed by atoms with Crippen LogP contribution in [0.5, 0.6) is 0 Å². The van der Waals surface area contributed by atoms with E-state index in [0.717, 1.165) is 31.4 Å². The molecule has 3 aromatic carbocycles. The van der Waals surface area contributed by atoms with Gasteiger partial charge in [0.25, 0.3) is 5.91 Å². The number of esters is 1. The number of carbonyl (C=O) groups is 2. The molecule has 0 bridgehead atoms. The van der Waals surface area contributed by atoms with Gasteiger partial charge in [0.05, 0.1) is 26.9 Å². The maximum absolute atomic E-state index is 14.1. The minimum atomic E-state index is -0.913. The molecule has 0 N–H and O–H groups in total. The van der Waals surface area contributed by atoms with Gasteiger partial charge in [-0.2, -0.15) is 0 Å². The van der Waals surface area contributed by atoms with Gasteiger partial charge in [0, 0.05) is 21.6 Å². The molecule has 198 valence electrons. The highest BCUT2D eigenvalue weighted by Crippen LogP contribution is 2.58. The summed E-state index contributed by atoms with van der Waals surface area (Å²) >= 11 is 8.97. The van der Waals surface area contributed by atoms with Crippen molar-refractivity contribution in [2.24, 2.45) is 0 Å². The molecule has 5 rings (SSSR count). The summed E-state index contributed by atoms with van der Waals surface area (Å²) in [6.45, 7) is 7.84. The number of nitrogens with zero attached hydrogens (tertiary/aromatic N) is 1. The summed E-state index contributed by atoms with van der Waals surface area (Å²) in [6, 6.07) is 21.3. The summed E-state index contributed by atoms with van der Waals surface area (Å²) < 4.78 is 20.3. The minimum Gasteiger partial charge on any atom is -0.462 e. The Labute approximate surface area is 241 Å². The van der Waals surface area contributed by atoms with E-state index in [1.807, 2.05) is 69.3 Å². The van der Waals surface area contributed by atoms with Crippen LogP contribution in [-0.2, 0) is 9.53 Å². The quantitative estimate of drug-likeness (QED) is 0.178. The first-order valence-electron chi connectivity index (χ1n) is 12.5. The van der Waals surface area contributed by atoms with Crippen molar-refractivity contribution < 1.29 is 18.7 Å². The summed E-state index contributed by atoms with van der Waals surface area (Å²) in [7, 11) is 0. The Kier molecular flexibility index (Phi) is 7.55. The predicted molar refractivity (Wildman–Crippen MR) is 163 cm³/mol. The maximum Gasteiger partial charge on any atom is 0.346 e. The summed E-state index contributed by atoms with van der Waals surface area (Å²) in [6.07, 6.45) is 0. The summed E-state index contributed by atoms with van der Waals surface area (Å²) in [4.78, 5) is 30.4. The van der Waals surface area contributed by atoms with Crippen LogP contribution in [0.3, 0.4) is 0 Å². The van der Waals surface area contributed by atoms with Crippen molar-refractivity contribution in [2.45, 2.75) is 33.2 Å². The van der Waals surface area contributed by atoms with Crippen LogP contribution < -0.4 is 4.90 Å². The van der Waals surface area contributed by atoms with Crippen molar-refractivity contribution in [1.82, 2.24) is 0 Å². The predicted octanol–water partition coefficient (Wildman–Crippen LogP) is 8.02. The summed E-state index contributed by atoms with van der Waals surface area (Å²) in [5.41, 5.74) is 3.56. The first-order valence-corrected chi connectivity index (χ1v) is 14.5. The molecule has 0 atom stereocenters. The van der Waals surface area contributed by atoms with E-state index in [-0.39, 0.29) is 24.0 Å². The number of hydrogen-bond donors (Lipinski definition) is 0. The molecule has 39 heavy (non-hydrogen) atoms. The van der Waals surface area contributed by atoms with Crippen LogP contribution >= 0.6 is 35.7 Å². The van der Waals surface area contributed by atoms with Crippen LogP contribution in [0.4, 0.5) is 10.1 Å². The average molecular weight is 576 g/mol. The molecule has 0 spiro atoms. The van der Waals surface area contributed by atoms with Crippen LogP contribution in [0.2, 0.25) is 0 Å². The molecule has 0 radical (unpaired) electrons. The third-order valence-corrected chi connectivity index (χ3v) is 9.91. The van der Waals surface area contributed by atoms with Crippen LogP contribution in [0.15, 0.2) is 81.9 Å². The van der Waals surface area contributed by atoms with Gasteiger partial charge in [0.2, 0.25) is 0 Å². The number of fused-ring (bicyclic) bond motifs is 1. The van der Waals surface area contributed by atoms with E-state index in [1.54, 1.807) is 17.9 Å². The zero-order chi connectivity index (χ0) is 27.9. The van der Waals surface area contributed by atoms with Gasteiger partial charge < -0.3 is 4.74 Å². The lowest BCUT2D eigenvalue weighted by molar-refractivity contribution is -0.137. The molecule has 0 unspecified atom stereocenters. The van der Waals surface area contributed by atoms with Crippen molar-refractivity contribution in [3.63, 3.8) is 0 Å². The number of ether oxygens (including phenoxy) is 1. The van der Waals surface area contributed by atoms with Gasteiger partial charge in [-0.05, 0) is 63.6 Å². The topological polar surface area (TPSA) is 46.6 Å². The second-order valence-electron chi connectivity index (χ2n) is 9.67. The minimum absolute atomic E-state index is 0.246. The van der Waals surface area contributed by atoms with Crippen molar-refractivity contribution in [3.05, 3.63) is 110 Å². The number of carbonyl (C=O) groups excluding carboxylic acids is 2. The van der Waals surface area contributed by atoms with Gasteiger partial charge in [0.15, 0.2) is 0 Å². The molecule has 2 heterocycles. The summed E-state index contributed by atoms with van der Waals surface area (Å²) in [5.74, 6) is -1.19. The number of aryl methyl sites for hydroxylation is 1. The van der Waals surface area contributed by atoms with Gasteiger partial charge in [-0.3, -0.25) is 9.69 Å². The highest BCUT2D eigenvalue weighted by molar-refractivity contribution is 8.32. The fraction of sp³-hybridized carbons (Fsp3) is 0.194. The zero-order valence-electron chi connectivity index (χ0n) is 21.9. The number of halogens is 1. The van der Waals surface area contributed by atoms with Crippen molar-refractivity contribution >= 4 is 68.6 Å². The number of anilines is 1. The molecule has 3 aromatic rings. The van der Waals surface area contributed by atoms with Gasteiger partial charge in [-0.1, -0.05) is 83.8 Å². The molecule has 4 nitrogen and oxygen atoms in total. The third kappa shape index (κ3) is 4.97. The fourth-order valence-corrected chi connectivity index (χ4v) is 7.83. The monoisotopic (exact) mass is 575 g/mol. The Bertz CT molecular complexity index is 1580. The van der Waals surface area contributed by atoms with Gasteiger partial charge in [-0.25, -0.2) is 9.18 Å². The van der Waals surface area contributed by atoms with E-state index in [2.05, 4.69) is 0 Å². The molecule has 0 fully saturated rings. The first-order chi connectivity index (χ1) is 18.6. The normalized spacial score (nSPS) is 18.3. The average Bonchev–Trinajstić information content (AvgIpc) is 3.35. The van der Waals surface area contributed by atoms with Crippen LogP contribution in [0.1, 0.15) is 47.8 Å². The van der Waals surface area contributed by atoms with Crippen molar-refractivity contribution in [3.8, 4) is 0 Å². The Morgan fingerprint density at radius 3 is 2.44 bits per heavy atom. The highest BCUT2D eigenvalue weighted by atomic mass is 32.2. The number of benzene rings is 3. The highest BCUT2D eigenvalue weighted by Gasteiger charge is 2.46. The molecule has 8 heteroatoms. The molecule has 0 saturated heterocycles. The van der Waals surface area contributed by atoms with Gasteiger partial charge in [0.1, 0.15) is 10.7 Å². The standard InChI is InChI=1S/C31H26FNO3S3/c1-5-36-29(35)26-25(19-10-7-6-8-11-19)38-30(39-26)24-22-16-18(2)14-15-23(22)33(31(3,4)27(24)37)28(34)20-12-9-13-21(32)17-20/h6-17H,5H2,1-4H3/b30-24-. The van der Waals surface area contributed by atoms with E-state index >= 15 is 0 Å². The number of thioether (sulfide) groups is 2. The Morgan fingerprint density at radius 1 is 1.00 bits per heavy atom. The number of thiocarbonyl (C=S) groups is 1. The van der Waals surface area contributed by atoms with Gasteiger partial charge in [-0.15, -0.1) is 0 Å². The lowest BCUT2D eigenvalue weighted by Crippen LogP contribution is -2.56. The van der Waals surface area contributed by atoms with Gasteiger partial charge >= 0.3 is 5.97 Å². The molecule has 1 amide bonds. The van der Waals surface area contributed by atoms with Crippen molar-refractivity contribution in [2.75, 3.05) is 11.5 Å².